The number of aromatic carboxylic acids is 1. The smallest absolute Gasteiger partial charge is 0.335 e. The average molecular weight is 356 g/mol. The minimum Gasteiger partial charge on any atom is -0.478 e. The van der Waals surface area contributed by atoms with Crippen molar-refractivity contribution in [1.82, 2.24) is 9.97 Å². The maximum atomic E-state index is 10.8. The first-order valence-electron chi connectivity index (χ1n) is 5.05. The molecule has 0 bridgehead atoms. The molecule has 18 heavy (non-hydrogen) atoms. The number of nitrogens with zero attached hydrogens (tertiary/aromatic N) is 2. The van der Waals surface area contributed by atoms with E-state index in [9.17, 15) is 4.79 Å². The number of hydrogen-bond donors (Lipinski definition) is 1. The summed E-state index contributed by atoms with van der Waals surface area (Å²) < 4.78 is 6.41. The number of carboxylic acid groups (broad SMARTS) is 1. The van der Waals surface area contributed by atoms with Gasteiger partial charge in [0.2, 0.25) is 5.88 Å². The van der Waals surface area contributed by atoms with Crippen LogP contribution in [0.1, 0.15) is 15.9 Å². The van der Waals surface area contributed by atoms with E-state index in [1.807, 2.05) is 0 Å². The Morgan fingerprint density at radius 1 is 1.44 bits per heavy atom. The highest BCUT2D eigenvalue weighted by Crippen LogP contribution is 2.26. The number of benzene rings is 1. The fourth-order valence-corrected chi connectivity index (χ4v) is 1.79. The van der Waals surface area contributed by atoms with Gasteiger partial charge >= 0.3 is 5.97 Å². The Bertz CT molecular complexity index is 602. The molecular weight excluding hydrogens is 347 g/mol. The number of carboxylic acids is 1. The molecule has 1 heterocycles. The molecule has 1 aromatic heterocycles. The zero-order valence-electron chi connectivity index (χ0n) is 9.42. The molecule has 0 amide bonds. The first-order chi connectivity index (χ1) is 8.58. The maximum Gasteiger partial charge on any atom is 0.335 e. The van der Waals surface area contributed by atoms with Gasteiger partial charge in [-0.05, 0) is 53.3 Å². The van der Waals surface area contributed by atoms with Gasteiger partial charge < -0.3 is 9.84 Å². The Morgan fingerprint density at radius 3 is 2.83 bits per heavy atom. The molecular formula is C12H9IN2O3. The van der Waals surface area contributed by atoms with Crippen molar-refractivity contribution >= 4 is 28.6 Å². The number of aryl methyl sites for hydroxylation is 1. The summed E-state index contributed by atoms with van der Waals surface area (Å²) in [7, 11) is 0. The van der Waals surface area contributed by atoms with E-state index in [1.54, 1.807) is 25.3 Å². The fourth-order valence-electron chi connectivity index (χ4n) is 1.38. The van der Waals surface area contributed by atoms with Gasteiger partial charge in [-0.15, -0.1) is 0 Å². The van der Waals surface area contributed by atoms with Crippen LogP contribution in [0.5, 0.6) is 11.6 Å². The SMILES string of the molecule is Cc1cc(C(=O)O)ccc1Oc1ncncc1I. The van der Waals surface area contributed by atoms with Gasteiger partial charge in [0.15, 0.2) is 0 Å². The summed E-state index contributed by atoms with van der Waals surface area (Å²) in [6, 6.07) is 4.68. The molecule has 1 aromatic carbocycles. The van der Waals surface area contributed by atoms with Gasteiger partial charge in [-0.25, -0.2) is 14.8 Å². The summed E-state index contributed by atoms with van der Waals surface area (Å²) in [5.74, 6) is 0.0784. The monoisotopic (exact) mass is 356 g/mol. The van der Waals surface area contributed by atoms with Crippen LogP contribution in [0.25, 0.3) is 0 Å². The molecule has 0 radical (unpaired) electrons. The highest BCUT2D eigenvalue weighted by Gasteiger charge is 2.09. The molecule has 0 aliphatic rings. The largest absolute Gasteiger partial charge is 0.478 e. The van der Waals surface area contributed by atoms with Crippen LogP contribution in [0.15, 0.2) is 30.7 Å². The lowest BCUT2D eigenvalue weighted by molar-refractivity contribution is 0.0697. The third-order valence-corrected chi connectivity index (χ3v) is 3.00. The lowest BCUT2D eigenvalue weighted by Crippen LogP contribution is -1.98. The molecule has 2 rings (SSSR count). The quantitative estimate of drug-likeness (QED) is 0.857. The van der Waals surface area contributed by atoms with E-state index < -0.39 is 5.97 Å². The predicted octanol–water partition coefficient (Wildman–Crippen LogP) is 2.88. The molecule has 0 spiro atoms. The second kappa shape index (κ2) is 5.30. The summed E-state index contributed by atoms with van der Waals surface area (Å²) in [4.78, 5) is 18.7. The highest BCUT2D eigenvalue weighted by molar-refractivity contribution is 14.1. The van der Waals surface area contributed by atoms with E-state index >= 15 is 0 Å². The van der Waals surface area contributed by atoms with Crippen molar-refractivity contribution in [2.75, 3.05) is 0 Å². The Hall–Kier alpha value is -1.70. The number of aromatic nitrogens is 2. The van der Waals surface area contributed by atoms with E-state index in [4.69, 9.17) is 9.84 Å². The number of halogens is 1. The molecule has 0 saturated carbocycles. The Morgan fingerprint density at radius 2 is 2.22 bits per heavy atom. The summed E-state index contributed by atoms with van der Waals surface area (Å²) >= 11 is 2.07. The first kappa shape index (κ1) is 12.7. The fraction of sp³-hybridized carbons (Fsp3) is 0.0833. The lowest BCUT2D eigenvalue weighted by atomic mass is 10.1. The molecule has 5 nitrogen and oxygen atoms in total. The summed E-state index contributed by atoms with van der Waals surface area (Å²) in [5, 5.41) is 8.87. The molecule has 0 saturated heterocycles. The zero-order chi connectivity index (χ0) is 13.1. The third kappa shape index (κ3) is 2.76. The minimum atomic E-state index is -0.957. The zero-order valence-corrected chi connectivity index (χ0v) is 11.6. The van der Waals surface area contributed by atoms with Crippen molar-refractivity contribution in [3.8, 4) is 11.6 Å². The van der Waals surface area contributed by atoms with Crippen molar-refractivity contribution in [2.24, 2.45) is 0 Å². The molecule has 1 N–H and O–H groups in total. The average Bonchev–Trinajstić information content (AvgIpc) is 2.34. The van der Waals surface area contributed by atoms with Crippen LogP contribution in [0, 0.1) is 10.5 Å². The van der Waals surface area contributed by atoms with E-state index in [0.717, 1.165) is 9.13 Å². The number of ether oxygens (including phenoxy) is 1. The normalized spacial score (nSPS) is 10.1. The standard InChI is InChI=1S/C12H9IN2O3/c1-7-4-8(12(16)17)2-3-10(7)18-11-9(13)5-14-6-15-11/h2-6H,1H3,(H,16,17). The van der Waals surface area contributed by atoms with Crippen LogP contribution in [0.3, 0.4) is 0 Å². The molecule has 92 valence electrons. The summed E-state index contributed by atoms with van der Waals surface area (Å²) in [6.07, 6.45) is 3.04. The highest BCUT2D eigenvalue weighted by atomic mass is 127. The Kier molecular flexibility index (Phi) is 3.75. The van der Waals surface area contributed by atoms with Crippen molar-refractivity contribution in [1.29, 1.82) is 0 Å². The second-order valence-corrected chi connectivity index (χ2v) is 4.73. The lowest BCUT2D eigenvalue weighted by Gasteiger charge is -2.09. The van der Waals surface area contributed by atoms with Crippen LogP contribution >= 0.6 is 22.6 Å². The molecule has 0 fully saturated rings. The van der Waals surface area contributed by atoms with Gasteiger partial charge in [-0.2, -0.15) is 0 Å². The van der Waals surface area contributed by atoms with E-state index in [2.05, 4.69) is 32.6 Å². The molecule has 0 aliphatic carbocycles. The summed E-state index contributed by atoms with van der Waals surface area (Å²) in [6.45, 7) is 1.79. The van der Waals surface area contributed by atoms with Crippen LogP contribution < -0.4 is 4.74 Å². The van der Waals surface area contributed by atoms with Gasteiger partial charge in [0, 0.05) is 6.20 Å². The van der Waals surface area contributed by atoms with Crippen molar-refractivity contribution < 1.29 is 14.6 Å². The number of rotatable bonds is 3. The molecule has 0 aliphatic heterocycles. The Balaban J connectivity index is 2.30. The minimum absolute atomic E-state index is 0.234. The van der Waals surface area contributed by atoms with Crippen molar-refractivity contribution in [2.45, 2.75) is 6.92 Å². The van der Waals surface area contributed by atoms with Gasteiger partial charge in [0.05, 0.1) is 9.13 Å². The topological polar surface area (TPSA) is 72.3 Å². The number of carbonyl (C=O) groups is 1. The third-order valence-electron chi connectivity index (χ3n) is 2.26. The second-order valence-electron chi connectivity index (χ2n) is 3.56. The van der Waals surface area contributed by atoms with Gasteiger partial charge in [-0.3, -0.25) is 0 Å². The molecule has 2 aromatic rings. The van der Waals surface area contributed by atoms with Gasteiger partial charge in [0.1, 0.15) is 12.1 Å². The summed E-state index contributed by atoms with van der Waals surface area (Å²) in [5.41, 5.74) is 0.974. The van der Waals surface area contributed by atoms with E-state index in [0.29, 0.717) is 11.6 Å². The van der Waals surface area contributed by atoms with Gasteiger partial charge in [-0.1, -0.05) is 0 Å². The maximum absolute atomic E-state index is 10.8. The van der Waals surface area contributed by atoms with Crippen LogP contribution in [-0.4, -0.2) is 21.0 Å². The predicted molar refractivity (Wildman–Crippen MR) is 73.0 cm³/mol. The first-order valence-corrected chi connectivity index (χ1v) is 6.13. The molecule has 0 unspecified atom stereocenters. The van der Waals surface area contributed by atoms with E-state index in [1.165, 1.54) is 12.4 Å². The van der Waals surface area contributed by atoms with Crippen molar-refractivity contribution in [3.05, 3.63) is 45.4 Å². The van der Waals surface area contributed by atoms with Crippen LogP contribution in [-0.2, 0) is 0 Å². The van der Waals surface area contributed by atoms with Gasteiger partial charge in [0.25, 0.3) is 0 Å². The van der Waals surface area contributed by atoms with Crippen LogP contribution in [0.4, 0.5) is 0 Å². The van der Waals surface area contributed by atoms with E-state index in [-0.39, 0.29) is 5.56 Å². The molecule has 0 atom stereocenters. The number of hydrogen-bond acceptors (Lipinski definition) is 4. The molecule has 6 heteroatoms. The Labute approximate surface area is 117 Å². The van der Waals surface area contributed by atoms with Crippen LogP contribution in [0.2, 0.25) is 0 Å². The van der Waals surface area contributed by atoms with Crippen molar-refractivity contribution in [3.63, 3.8) is 0 Å².